The molecule has 0 fully saturated rings. The van der Waals surface area contributed by atoms with Gasteiger partial charge in [-0.3, -0.25) is 9.59 Å². The van der Waals surface area contributed by atoms with Crippen molar-refractivity contribution >= 4 is 11.9 Å². The highest BCUT2D eigenvalue weighted by molar-refractivity contribution is 5.77. The molecule has 1 aromatic heterocycles. The monoisotopic (exact) mass is 240 g/mol. The van der Waals surface area contributed by atoms with Crippen molar-refractivity contribution in [3.63, 3.8) is 0 Å². The minimum atomic E-state index is -0.917. The van der Waals surface area contributed by atoms with Crippen LogP contribution in [0.25, 0.3) is 0 Å². The van der Waals surface area contributed by atoms with Gasteiger partial charge >= 0.3 is 5.97 Å². The van der Waals surface area contributed by atoms with E-state index in [0.717, 1.165) is 11.3 Å². The maximum absolute atomic E-state index is 11.4. The molecule has 0 aliphatic carbocycles. The highest BCUT2D eigenvalue weighted by Crippen LogP contribution is 2.07. The molecule has 1 atom stereocenters. The summed E-state index contributed by atoms with van der Waals surface area (Å²) < 4.78 is 4.75. The molecule has 0 aliphatic heterocycles. The lowest BCUT2D eigenvalue weighted by atomic mass is 10.1. The van der Waals surface area contributed by atoms with Crippen LogP contribution in [-0.4, -0.2) is 28.7 Å². The predicted molar refractivity (Wildman–Crippen MR) is 59.4 cm³/mol. The molecule has 1 unspecified atom stereocenters. The van der Waals surface area contributed by atoms with Crippen molar-refractivity contribution in [2.75, 3.05) is 6.54 Å². The van der Waals surface area contributed by atoms with E-state index in [1.165, 1.54) is 6.26 Å². The van der Waals surface area contributed by atoms with Gasteiger partial charge in [0.1, 0.15) is 6.26 Å². The van der Waals surface area contributed by atoms with Crippen LogP contribution in [0, 0.1) is 12.8 Å². The zero-order chi connectivity index (χ0) is 12.8. The fourth-order valence-electron chi connectivity index (χ4n) is 1.24. The van der Waals surface area contributed by atoms with E-state index in [-0.39, 0.29) is 12.5 Å². The molecular formula is C11H16N2O4. The Morgan fingerprint density at radius 3 is 2.82 bits per heavy atom. The SMILES string of the molecule is Cc1nocc1CCC(=O)NCC(C)C(=O)O. The normalized spacial score (nSPS) is 12.1. The van der Waals surface area contributed by atoms with E-state index < -0.39 is 11.9 Å². The highest BCUT2D eigenvalue weighted by Gasteiger charge is 2.12. The number of carboxylic acids is 1. The van der Waals surface area contributed by atoms with E-state index in [1.54, 1.807) is 6.92 Å². The molecule has 0 saturated heterocycles. The van der Waals surface area contributed by atoms with Gasteiger partial charge in [-0.25, -0.2) is 0 Å². The van der Waals surface area contributed by atoms with Crippen LogP contribution in [0.3, 0.4) is 0 Å². The number of aliphatic carboxylic acids is 1. The van der Waals surface area contributed by atoms with Gasteiger partial charge in [0.25, 0.3) is 0 Å². The lowest BCUT2D eigenvalue weighted by Crippen LogP contribution is -2.31. The molecule has 0 saturated carbocycles. The van der Waals surface area contributed by atoms with Gasteiger partial charge in [0.05, 0.1) is 11.6 Å². The summed E-state index contributed by atoms with van der Waals surface area (Å²) in [6, 6.07) is 0. The number of nitrogens with one attached hydrogen (secondary N) is 1. The minimum Gasteiger partial charge on any atom is -0.481 e. The molecular weight excluding hydrogens is 224 g/mol. The average molecular weight is 240 g/mol. The summed E-state index contributed by atoms with van der Waals surface area (Å²) in [6.45, 7) is 3.51. The second-order valence-electron chi connectivity index (χ2n) is 3.97. The Labute approximate surface area is 99.0 Å². The van der Waals surface area contributed by atoms with Crippen molar-refractivity contribution in [3.8, 4) is 0 Å². The minimum absolute atomic E-state index is 0.150. The molecule has 94 valence electrons. The Morgan fingerprint density at radius 1 is 1.59 bits per heavy atom. The van der Waals surface area contributed by atoms with Gasteiger partial charge in [-0.05, 0) is 13.3 Å². The molecule has 0 aromatic carbocycles. The van der Waals surface area contributed by atoms with Crippen molar-refractivity contribution in [1.29, 1.82) is 0 Å². The van der Waals surface area contributed by atoms with E-state index in [4.69, 9.17) is 9.63 Å². The summed E-state index contributed by atoms with van der Waals surface area (Å²) in [5.74, 6) is -1.66. The van der Waals surface area contributed by atoms with Crippen LogP contribution in [0.2, 0.25) is 0 Å². The number of carbonyl (C=O) groups excluding carboxylic acids is 1. The van der Waals surface area contributed by atoms with Crippen molar-refractivity contribution in [1.82, 2.24) is 10.5 Å². The Kier molecular flexibility index (Phi) is 4.68. The Hall–Kier alpha value is -1.85. The molecule has 1 aromatic rings. The van der Waals surface area contributed by atoms with Gasteiger partial charge in [-0.2, -0.15) is 0 Å². The zero-order valence-corrected chi connectivity index (χ0v) is 9.90. The first-order valence-electron chi connectivity index (χ1n) is 5.40. The Balaban J connectivity index is 2.27. The second kappa shape index (κ2) is 6.03. The number of nitrogens with zero attached hydrogens (tertiary/aromatic N) is 1. The number of rotatable bonds is 6. The van der Waals surface area contributed by atoms with Crippen molar-refractivity contribution < 1.29 is 19.2 Å². The van der Waals surface area contributed by atoms with Gasteiger partial charge in [0.15, 0.2) is 0 Å². The zero-order valence-electron chi connectivity index (χ0n) is 9.90. The van der Waals surface area contributed by atoms with Crippen LogP contribution in [0.15, 0.2) is 10.8 Å². The van der Waals surface area contributed by atoms with Gasteiger partial charge < -0.3 is 14.9 Å². The molecule has 17 heavy (non-hydrogen) atoms. The van der Waals surface area contributed by atoms with E-state index in [1.807, 2.05) is 6.92 Å². The van der Waals surface area contributed by atoms with Gasteiger partial charge in [0.2, 0.25) is 5.91 Å². The number of carbonyl (C=O) groups is 2. The summed E-state index contributed by atoms with van der Waals surface area (Å²) in [5, 5.41) is 14.9. The van der Waals surface area contributed by atoms with Crippen LogP contribution in [-0.2, 0) is 16.0 Å². The largest absolute Gasteiger partial charge is 0.481 e. The molecule has 0 aliphatic rings. The number of amides is 1. The van der Waals surface area contributed by atoms with Crippen LogP contribution < -0.4 is 5.32 Å². The maximum Gasteiger partial charge on any atom is 0.308 e. The summed E-state index contributed by atoms with van der Waals surface area (Å²) >= 11 is 0. The fourth-order valence-corrected chi connectivity index (χ4v) is 1.24. The number of aryl methyl sites for hydroxylation is 2. The molecule has 6 nitrogen and oxygen atoms in total. The Bertz CT molecular complexity index is 400. The second-order valence-corrected chi connectivity index (χ2v) is 3.97. The number of carboxylic acid groups (broad SMARTS) is 1. The van der Waals surface area contributed by atoms with Crippen molar-refractivity contribution in [3.05, 3.63) is 17.5 Å². The van der Waals surface area contributed by atoms with Crippen LogP contribution in [0.1, 0.15) is 24.6 Å². The van der Waals surface area contributed by atoms with Crippen LogP contribution in [0.4, 0.5) is 0 Å². The number of aromatic nitrogens is 1. The molecule has 0 spiro atoms. The van der Waals surface area contributed by atoms with Crippen molar-refractivity contribution in [2.45, 2.75) is 26.7 Å². The van der Waals surface area contributed by atoms with Gasteiger partial charge in [-0.15, -0.1) is 0 Å². The molecule has 1 heterocycles. The van der Waals surface area contributed by atoms with Gasteiger partial charge in [-0.1, -0.05) is 12.1 Å². The Morgan fingerprint density at radius 2 is 2.29 bits per heavy atom. The number of hydrogen-bond donors (Lipinski definition) is 2. The number of hydrogen-bond acceptors (Lipinski definition) is 4. The van der Waals surface area contributed by atoms with E-state index >= 15 is 0 Å². The van der Waals surface area contributed by atoms with E-state index in [0.29, 0.717) is 12.8 Å². The van der Waals surface area contributed by atoms with E-state index in [2.05, 4.69) is 10.5 Å². The summed E-state index contributed by atoms with van der Waals surface area (Å²) in [4.78, 5) is 22.0. The first-order valence-corrected chi connectivity index (χ1v) is 5.40. The summed E-state index contributed by atoms with van der Waals surface area (Å²) in [5.41, 5.74) is 1.67. The molecule has 0 radical (unpaired) electrons. The predicted octanol–water partition coefficient (Wildman–Crippen LogP) is 0.753. The quantitative estimate of drug-likeness (QED) is 0.765. The topological polar surface area (TPSA) is 92.4 Å². The lowest BCUT2D eigenvalue weighted by molar-refractivity contribution is -0.141. The fraction of sp³-hybridized carbons (Fsp3) is 0.545. The van der Waals surface area contributed by atoms with Crippen molar-refractivity contribution in [2.24, 2.45) is 5.92 Å². The first kappa shape index (κ1) is 13.2. The lowest BCUT2D eigenvalue weighted by Gasteiger charge is -2.07. The maximum atomic E-state index is 11.4. The average Bonchev–Trinajstić information content (AvgIpc) is 2.68. The molecule has 2 N–H and O–H groups in total. The van der Waals surface area contributed by atoms with E-state index in [9.17, 15) is 9.59 Å². The third-order valence-corrected chi connectivity index (χ3v) is 2.50. The molecule has 6 heteroatoms. The van der Waals surface area contributed by atoms with Gasteiger partial charge in [0, 0.05) is 18.5 Å². The summed E-state index contributed by atoms with van der Waals surface area (Å²) in [7, 11) is 0. The summed E-state index contributed by atoms with van der Waals surface area (Å²) in [6.07, 6.45) is 2.36. The molecule has 1 rings (SSSR count). The highest BCUT2D eigenvalue weighted by atomic mass is 16.5. The smallest absolute Gasteiger partial charge is 0.308 e. The third-order valence-electron chi connectivity index (χ3n) is 2.50. The third kappa shape index (κ3) is 4.26. The molecule has 0 bridgehead atoms. The van der Waals surface area contributed by atoms with Crippen LogP contribution >= 0.6 is 0 Å². The van der Waals surface area contributed by atoms with Crippen LogP contribution in [0.5, 0.6) is 0 Å². The standard InChI is InChI=1S/C11H16N2O4/c1-7(11(15)16)5-12-10(14)4-3-9-6-17-13-8(9)2/h6-7H,3-5H2,1-2H3,(H,12,14)(H,15,16). The first-order chi connectivity index (χ1) is 8.00. The molecule has 1 amide bonds.